The van der Waals surface area contributed by atoms with Crippen LogP contribution in [0.5, 0.6) is 5.88 Å². The molecule has 0 saturated carbocycles. The molecule has 0 spiro atoms. The molecule has 1 aromatic rings. The minimum Gasteiger partial charge on any atom is -0.479 e. The van der Waals surface area contributed by atoms with Gasteiger partial charge < -0.3 is 26.4 Å². The summed E-state index contributed by atoms with van der Waals surface area (Å²) in [5.74, 6) is 0.939. The van der Waals surface area contributed by atoms with E-state index in [-0.39, 0.29) is 6.17 Å². The first-order valence-corrected chi connectivity index (χ1v) is 5.73. The summed E-state index contributed by atoms with van der Waals surface area (Å²) in [6.07, 6.45) is 2.45. The van der Waals surface area contributed by atoms with E-state index < -0.39 is 0 Å². The van der Waals surface area contributed by atoms with Crippen LogP contribution in [0.1, 0.15) is 12.8 Å². The monoisotopic (exact) mass is 251 g/mol. The van der Waals surface area contributed by atoms with Crippen molar-refractivity contribution in [2.45, 2.75) is 19.0 Å². The van der Waals surface area contributed by atoms with Crippen molar-refractivity contribution >= 4 is 23.6 Å². The number of carbonyl (C=O) groups is 1. The number of ether oxygens (including phenoxy) is 1. The molecule has 5 N–H and O–H groups in total. The van der Waals surface area contributed by atoms with Gasteiger partial charge in [-0.1, -0.05) is 0 Å². The summed E-state index contributed by atoms with van der Waals surface area (Å²) in [5, 5.41) is 2.75. The van der Waals surface area contributed by atoms with Crippen LogP contribution >= 0.6 is 0 Å². The molecular weight excluding hydrogens is 234 g/mol. The largest absolute Gasteiger partial charge is 0.479 e. The van der Waals surface area contributed by atoms with Crippen LogP contribution < -0.4 is 26.4 Å². The molecule has 2 rings (SSSR count). The van der Waals surface area contributed by atoms with Crippen LogP contribution in [0.25, 0.3) is 0 Å². The molecule has 18 heavy (non-hydrogen) atoms. The molecule has 1 amide bonds. The number of rotatable bonds is 4. The Kier molecular flexibility index (Phi) is 3.40. The molecule has 0 radical (unpaired) electrons. The molecule has 1 aromatic heterocycles. The van der Waals surface area contributed by atoms with Gasteiger partial charge in [-0.25, -0.2) is 0 Å². The summed E-state index contributed by atoms with van der Waals surface area (Å²) in [7, 11) is 1.50. The van der Waals surface area contributed by atoms with Gasteiger partial charge in [0.1, 0.15) is 6.17 Å². The quantitative estimate of drug-likeness (QED) is 0.646. The predicted molar refractivity (Wildman–Crippen MR) is 69.2 cm³/mol. The average Bonchev–Trinajstić information content (AvgIpc) is 2.78. The summed E-state index contributed by atoms with van der Waals surface area (Å²) >= 11 is 0. The Labute approximate surface area is 105 Å². The van der Waals surface area contributed by atoms with Gasteiger partial charge in [0.25, 0.3) is 0 Å². The van der Waals surface area contributed by atoms with Crippen LogP contribution in [0.4, 0.5) is 17.2 Å². The number of methoxy groups -OCH3 is 1. The van der Waals surface area contributed by atoms with Gasteiger partial charge in [0, 0.05) is 6.54 Å². The van der Waals surface area contributed by atoms with Crippen molar-refractivity contribution < 1.29 is 9.53 Å². The van der Waals surface area contributed by atoms with Crippen LogP contribution in [-0.4, -0.2) is 31.2 Å². The van der Waals surface area contributed by atoms with Crippen molar-refractivity contribution in [3.8, 4) is 5.88 Å². The molecule has 7 nitrogen and oxygen atoms in total. The van der Waals surface area contributed by atoms with Crippen LogP contribution in [-0.2, 0) is 4.79 Å². The van der Waals surface area contributed by atoms with Crippen LogP contribution in [0.15, 0.2) is 6.07 Å². The van der Waals surface area contributed by atoms with Crippen molar-refractivity contribution in [2.75, 3.05) is 30.0 Å². The molecule has 1 aliphatic rings. The van der Waals surface area contributed by atoms with Gasteiger partial charge >= 0.3 is 0 Å². The first kappa shape index (κ1) is 12.3. The number of carbonyl (C=O) groups excluding carboxylic acids is 1. The highest BCUT2D eigenvalue weighted by molar-refractivity contribution is 5.71. The van der Waals surface area contributed by atoms with Gasteiger partial charge in [0.2, 0.25) is 12.3 Å². The van der Waals surface area contributed by atoms with E-state index in [1.807, 2.05) is 4.90 Å². The van der Waals surface area contributed by atoms with E-state index in [0.717, 1.165) is 19.4 Å². The number of nitrogens with zero attached hydrogens (tertiary/aromatic N) is 2. The molecule has 0 aromatic carbocycles. The number of nitrogens with two attached hydrogens (primary N) is 2. The van der Waals surface area contributed by atoms with Crippen LogP contribution in [0.3, 0.4) is 0 Å². The maximum atomic E-state index is 10.6. The van der Waals surface area contributed by atoms with Gasteiger partial charge in [-0.15, -0.1) is 0 Å². The fraction of sp³-hybridized carbons (Fsp3) is 0.455. The van der Waals surface area contributed by atoms with Gasteiger partial charge in [-0.3, -0.25) is 4.79 Å². The Balaban J connectivity index is 2.34. The number of nitrogens with one attached hydrogen (secondary N) is 1. The lowest BCUT2D eigenvalue weighted by Crippen LogP contribution is -2.41. The van der Waals surface area contributed by atoms with Crippen LogP contribution in [0.2, 0.25) is 0 Å². The Morgan fingerprint density at radius 2 is 2.33 bits per heavy atom. The lowest BCUT2D eigenvalue weighted by Gasteiger charge is -2.26. The second-order valence-corrected chi connectivity index (χ2v) is 4.14. The van der Waals surface area contributed by atoms with Crippen LogP contribution in [0, 0.1) is 0 Å². The van der Waals surface area contributed by atoms with Crippen molar-refractivity contribution in [1.82, 2.24) is 10.3 Å². The number of amides is 1. The molecule has 98 valence electrons. The zero-order valence-corrected chi connectivity index (χ0v) is 10.2. The third-order valence-electron chi connectivity index (χ3n) is 3.00. The highest BCUT2D eigenvalue weighted by Gasteiger charge is 2.27. The lowest BCUT2D eigenvalue weighted by atomic mass is 10.3. The third-order valence-corrected chi connectivity index (χ3v) is 3.00. The Hall–Kier alpha value is -2.18. The second-order valence-electron chi connectivity index (χ2n) is 4.14. The van der Waals surface area contributed by atoms with Gasteiger partial charge in [0.05, 0.1) is 18.5 Å². The summed E-state index contributed by atoms with van der Waals surface area (Å²) in [5.41, 5.74) is 12.5. The number of hydrogen-bond donors (Lipinski definition) is 3. The minimum atomic E-state index is -0.0781. The lowest BCUT2D eigenvalue weighted by molar-refractivity contribution is -0.110. The van der Waals surface area contributed by atoms with Crippen molar-refractivity contribution in [3.63, 3.8) is 0 Å². The number of pyridine rings is 1. The topological polar surface area (TPSA) is 106 Å². The first-order valence-electron chi connectivity index (χ1n) is 5.73. The Bertz CT molecular complexity index is 451. The molecule has 1 aliphatic heterocycles. The molecule has 1 fully saturated rings. The minimum absolute atomic E-state index is 0.0781. The fourth-order valence-electron chi connectivity index (χ4n) is 2.18. The standard InChI is InChI=1S/C11H17N5O2/c1-18-11-8(13)5-7(12)10(15-11)16-4-2-3-9(16)14-6-17/h5-6,9H,2-4,12-13H2,1H3,(H,14,17). The number of nitrogen functional groups attached to an aromatic ring is 2. The highest BCUT2D eigenvalue weighted by atomic mass is 16.5. The SMILES string of the molecule is COc1nc(N2CCCC2NC=O)c(N)cc1N. The highest BCUT2D eigenvalue weighted by Crippen LogP contribution is 2.32. The van der Waals surface area contributed by atoms with E-state index in [9.17, 15) is 4.79 Å². The van der Waals surface area contributed by atoms with E-state index in [4.69, 9.17) is 16.2 Å². The number of hydrogen-bond acceptors (Lipinski definition) is 6. The maximum Gasteiger partial charge on any atom is 0.239 e. The van der Waals surface area contributed by atoms with E-state index in [1.165, 1.54) is 7.11 Å². The Morgan fingerprint density at radius 3 is 3.00 bits per heavy atom. The molecule has 0 aliphatic carbocycles. The molecule has 1 unspecified atom stereocenters. The van der Waals surface area contributed by atoms with E-state index in [2.05, 4.69) is 10.3 Å². The average molecular weight is 251 g/mol. The fourth-order valence-corrected chi connectivity index (χ4v) is 2.18. The predicted octanol–water partition coefficient (Wildman–Crippen LogP) is -0.0731. The van der Waals surface area contributed by atoms with E-state index >= 15 is 0 Å². The van der Waals surface area contributed by atoms with Gasteiger partial charge in [-0.2, -0.15) is 4.98 Å². The normalized spacial score (nSPS) is 18.7. The molecule has 1 saturated heterocycles. The van der Waals surface area contributed by atoms with Crippen molar-refractivity contribution in [3.05, 3.63) is 6.07 Å². The van der Waals surface area contributed by atoms with E-state index in [1.54, 1.807) is 6.07 Å². The third kappa shape index (κ3) is 2.11. The smallest absolute Gasteiger partial charge is 0.239 e. The summed E-state index contributed by atoms with van der Waals surface area (Å²) < 4.78 is 5.09. The molecule has 1 atom stereocenters. The first-order chi connectivity index (χ1) is 8.67. The van der Waals surface area contributed by atoms with Gasteiger partial charge in [0.15, 0.2) is 5.82 Å². The summed E-state index contributed by atoms with van der Waals surface area (Å²) in [6, 6.07) is 1.62. The summed E-state index contributed by atoms with van der Waals surface area (Å²) in [6.45, 7) is 0.787. The second kappa shape index (κ2) is 4.99. The summed E-state index contributed by atoms with van der Waals surface area (Å²) in [4.78, 5) is 16.8. The Morgan fingerprint density at radius 1 is 1.56 bits per heavy atom. The molecule has 0 bridgehead atoms. The number of anilines is 3. The maximum absolute atomic E-state index is 10.6. The molecule has 2 heterocycles. The molecular formula is C11H17N5O2. The van der Waals surface area contributed by atoms with Crippen molar-refractivity contribution in [1.29, 1.82) is 0 Å². The number of aromatic nitrogens is 1. The zero-order chi connectivity index (χ0) is 13.1. The van der Waals surface area contributed by atoms with Gasteiger partial charge in [-0.05, 0) is 18.9 Å². The zero-order valence-electron chi connectivity index (χ0n) is 10.2. The van der Waals surface area contributed by atoms with Crippen molar-refractivity contribution in [2.24, 2.45) is 0 Å². The van der Waals surface area contributed by atoms with E-state index in [0.29, 0.717) is 29.5 Å². The molecule has 7 heteroatoms.